The van der Waals surface area contributed by atoms with Crippen molar-refractivity contribution in [3.05, 3.63) is 42.1 Å². The van der Waals surface area contributed by atoms with Gasteiger partial charge < -0.3 is 10.4 Å². The highest BCUT2D eigenvalue weighted by molar-refractivity contribution is 5.92. The molecule has 17 heavy (non-hydrogen) atoms. The highest BCUT2D eigenvalue weighted by atomic mass is 16.4. The highest BCUT2D eigenvalue weighted by Crippen LogP contribution is 2.10. The first-order chi connectivity index (χ1) is 8.27. The van der Waals surface area contributed by atoms with Gasteiger partial charge in [-0.05, 0) is 12.1 Å². The first kappa shape index (κ1) is 10.9. The van der Waals surface area contributed by atoms with Gasteiger partial charge in [0.25, 0.3) is 0 Å². The smallest absolute Gasteiger partial charge is 0.339 e. The minimum Gasteiger partial charge on any atom is -0.478 e. The molecule has 0 aliphatic rings. The summed E-state index contributed by atoms with van der Waals surface area (Å²) in [4.78, 5) is 18.7. The first-order valence-corrected chi connectivity index (χ1v) is 4.81. The lowest BCUT2D eigenvalue weighted by Gasteiger charge is -2.06. The van der Waals surface area contributed by atoms with Crippen molar-refractivity contribution in [3.63, 3.8) is 0 Å². The molecule has 0 bridgehead atoms. The minimum atomic E-state index is -1.05. The van der Waals surface area contributed by atoms with Crippen molar-refractivity contribution in [2.45, 2.75) is 6.54 Å². The fourth-order valence-electron chi connectivity index (χ4n) is 1.23. The van der Waals surface area contributed by atoms with Crippen LogP contribution in [0.4, 0.5) is 5.82 Å². The van der Waals surface area contributed by atoms with E-state index in [4.69, 9.17) is 5.11 Å². The van der Waals surface area contributed by atoms with Gasteiger partial charge in [-0.25, -0.2) is 14.8 Å². The van der Waals surface area contributed by atoms with Gasteiger partial charge in [0.2, 0.25) is 0 Å². The summed E-state index contributed by atoms with van der Waals surface area (Å²) in [7, 11) is 0. The molecule has 0 atom stereocenters. The molecule has 0 aliphatic carbocycles. The maximum atomic E-state index is 10.9. The molecule has 0 radical (unpaired) electrons. The monoisotopic (exact) mass is 231 g/mol. The van der Waals surface area contributed by atoms with Gasteiger partial charge in [0.15, 0.2) is 5.82 Å². The molecule has 2 heterocycles. The van der Waals surface area contributed by atoms with Crippen molar-refractivity contribution in [1.82, 2.24) is 20.2 Å². The fourth-order valence-corrected chi connectivity index (χ4v) is 1.23. The molecule has 0 fully saturated rings. The molecule has 7 heteroatoms. The zero-order valence-corrected chi connectivity index (χ0v) is 8.74. The predicted molar refractivity (Wildman–Crippen MR) is 58.4 cm³/mol. The van der Waals surface area contributed by atoms with Gasteiger partial charge >= 0.3 is 5.97 Å². The van der Waals surface area contributed by atoms with Gasteiger partial charge in [0.1, 0.15) is 11.9 Å². The third kappa shape index (κ3) is 2.71. The summed E-state index contributed by atoms with van der Waals surface area (Å²) in [5, 5.41) is 19.2. The van der Waals surface area contributed by atoms with E-state index in [9.17, 15) is 4.79 Å². The average Bonchev–Trinajstić information content (AvgIpc) is 2.38. The number of hydrogen-bond donors (Lipinski definition) is 2. The lowest BCUT2D eigenvalue weighted by molar-refractivity contribution is 0.0697. The molecule has 2 aromatic rings. The van der Waals surface area contributed by atoms with Crippen LogP contribution in [0.5, 0.6) is 0 Å². The Balaban J connectivity index is 2.12. The van der Waals surface area contributed by atoms with Gasteiger partial charge in [-0.1, -0.05) is 0 Å². The number of carboxylic acids is 1. The Kier molecular flexibility index (Phi) is 3.20. The molecule has 0 unspecified atom stereocenters. The van der Waals surface area contributed by atoms with E-state index < -0.39 is 5.97 Å². The molecule has 0 aliphatic heterocycles. The van der Waals surface area contributed by atoms with E-state index in [0.29, 0.717) is 6.54 Å². The number of rotatable bonds is 4. The van der Waals surface area contributed by atoms with Crippen LogP contribution in [-0.4, -0.2) is 31.2 Å². The zero-order chi connectivity index (χ0) is 12.1. The molecule has 2 aromatic heterocycles. The summed E-state index contributed by atoms with van der Waals surface area (Å²) in [5.74, 6) is -0.830. The topological polar surface area (TPSA) is 101 Å². The molecular weight excluding hydrogens is 222 g/mol. The van der Waals surface area contributed by atoms with Crippen LogP contribution in [0.15, 0.2) is 30.9 Å². The molecule has 0 saturated heterocycles. The van der Waals surface area contributed by atoms with E-state index in [-0.39, 0.29) is 11.4 Å². The average molecular weight is 231 g/mol. The van der Waals surface area contributed by atoms with Crippen LogP contribution < -0.4 is 5.32 Å². The molecule has 2 N–H and O–H groups in total. The van der Waals surface area contributed by atoms with Crippen LogP contribution in [0.3, 0.4) is 0 Å². The molecular formula is C10H9N5O2. The predicted octanol–water partition coefficient (Wildman–Crippen LogP) is 0.577. The van der Waals surface area contributed by atoms with Crippen molar-refractivity contribution in [3.8, 4) is 0 Å². The Morgan fingerprint density at radius 3 is 2.94 bits per heavy atom. The molecule has 0 amide bonds. The van der Waals surface area contributed by atoms with E-state index in [0.717, 1.165) is 5.69 Å². The van der Waals surface area contributed by atoms with Crippen molar-refractivity contribution < 1.29 is 9.90 Å². The van der Waals surface area contributed by atoms with Crippen LogP contribution in [0.25, 0.3) is 0 Å². The number of nitrogens with zero attached hydrogens (tertiary/aromatic N) is 4. The third-order valence-corrected chi connectivity index (χ3v) is 2.03. The molecule has 0 spiro atoms. The summed E-state index contributed by atoms with van der Waals surface area (Å²) < 4.78 is 0. The summed E-state index contributed by atoms with van der Waals surface area (Å²) in [6, 6.07) is 3.11. The van der Waals surface area contributed by atoms with Gasteiger partial charge in [-0.15, -0.1) is 5.10 Å². The number of hydrogen-bond acceptors (Lipinski definition) is 6. The lowest BCUT2D eigenvalue weighted by atomic mass is 10.3. The number of aromatic carboxylic acids is 1. The Morgan fingerprint density at radius 1 is 1.35 bits per heavy atom. The number of nitrogens with one attached hydrogen (secondary N) is 1. The lowest BCUT2D eigenvalue weighted by Crippen LogP contribution is -2.09. The van der Waals surface area contributed by atoms with E-state index >= 15 is 0 Å². The van der Waals surface area contributed by atoms with Crippen LogP contribution in [0, 0.1) is 0 Å². The van der Waals surface area contributed by atoms with Crippen molar-refractivity contribution in [2.24, 2.45) is 0 Å². The summed E-state index contributed by atoms with van der Waals surface area (Å²) >= 11 is 0. The Hall–Kier alpha value is -2.57. The van der Waals surface area contributed by atoms with Crippen molar-refractivity contribution in [1.29, 1.82) is 0 Å². The molecule has 0 saturated carbocycles. The second kappa shape index (κ2) is 4.97. The van der Waals surface area contributed by atoms with Crippen LogP contribution in [-0.2, 0) is 6.54 Å². The van der Waals surface area contributed by atoms with E-state index in [2.05, 4.69) is 25.5 Å². The zero-order valence-electron chi connectivity index (χ0n) is 8.74. The van der Waals surface area contributed by atoms with Crippen LogP contribution in [0.2, 0.25) is 0 Å². The summed E-state index contributed by atoms with van der Waals surface area (Å²) in [5.41, 5.74) is 0.816. The maximum absolute atomic E-state index is 10.9. The quantitative estimate of drug-likeness (QED) is 0.793. The summed E-state index contributed by atoms with van der Waals surface area (Å²) in [6.45, 7) is 0.363. The largest absolute Gasteiger partial charge is 0.478 e. The number of aromatic nitrogens is 4. The number of carboxylic acid groups (broad SMARTS) is 1. The van der Waals surface area contributed by atoms with Crippen LogP contribution in [0.1, 0.15) is 16.1 Å². The highest BCUT2D eigenvalue weighted by Gasteiger charge is 2.10. The van der Waals surface area contributed by atoms with Gasteiger partial charge in [-0.2, -0.15) is 5.10 Å². The SMILES string of the molecule is O=C(O)c1ccnnc1NCc1ccncn1. The molecule has 7 nitrogen and oxygen atoms in total. The van der Waals surface area contributed by atoms with Crippen LogP contribution >= 0.6 is 0 Å². The first-order valence-electron chi connectivity index (χ1n) is 4.81. The Bertz CT molecular complexity index is 517. The van der Waals surface area contributed by atoms with Crippen molar-refractivity contribution in [2.75, 3.05) is 5.32 Å². The fraction of sp³-hybridized carbons (Fsp3) is 0.100. The number of anilines is 1. The Labute approximate surface area is 96.6 Å². The Morgan fingerprint density at radius 2 is 2.24 bits per heavy atom. The van der Waals surface area contributed by atoms with Gasteiger partial charge in [-0.3, -0.25) is 0 Å². The van der Waals surface area contributed by atoms with Gasteiger partial charge in [0.05, 0.1) is 18.4 Å². The molecule has 0 aromatic carbocycles. The maximum Gasteiger partial charge on any atom is 0.339 e. The number of carbonyl (C=O) groups is 1. The van der Waals surface area contributed by atoms with Crippen molar-refractivity contribution >= 4 is 11.8 Å². The normalized spacial score (nSPS) is 9.88. The van der Waals surface area contributed by atoms with E-state index in [1.165, 1.54) is 18.6 Å². The van der Waals surface area contributed by atoms with E-state index in [1.54, 1.807) is 12.3 Å². The van der Waals surface area contributed by atoms with Gasteiger partial charge in [0, 0.05) is 6.20 Å². The minimum absolute atomic E-state index is 0.0778. The standard InChI is InChI=1S/C10H9N5O2/c16-10(17)8-2-4-14-15-9(8)12-5-7-1-3-11-6-13-7/h1-4,6H,5H2,(H,12,15)(H,16,17). The molecule has 2 rings (SSSR count). The second-order valence-corrected chi connectivity index (χ2v) is 3.15. The van der Waals surface area contributed by atoms with E-state index in [1.807, 2.05) is 0 Å². The summed E-state index contributed by atoms with van der Waals surface area (Å²) in [6.07, 6.45) is 4.36. The third-order valence-electron chi connectivity index (χ3n) is 2.03. The second-order valence-electron chi connectivity index (χ2n) is 3.15. The molecule has 86 valence electrons.